The second kappa shape index (κ2) is 3.79. The Hall–Kier alpha value is -1.91. The van der Waals surface area contributed by atoms with Crippen LogP contribution in [0, 0.1) is 17.2 Å². The molecule has 0 saturated heterocycles. The Kier molecular flexibility index (Phi) is 2.42. The van der Waals surface area contributed by atoms with Crippen molar-refractivity contribution in [2.24, 2.45) is 11.3 Å². The van der Waals surface area contributed by atoms with E-state index in [1.807, 2.05) is 0 Å². The van der Waals surface area contributed by atoms with Crippen LogP contribution < -0.4 is 0 Å². The molecule has 1 fully saturated rings. The average molecular weight is 264 g/mol. The second-order valence-corrected chi connectivity index (χ2v) is 4.98. The van der Waals surface area contributed by atoms with Crippen LogP contribution in [0.2, 0.25) is 0 Å². The fourth-order valence-electron chi connectivity index (χ4n) is 3.47. The van der Waals surface area contributed by atoms with E-state index in [-0.39, 0.29) is 17.7 Å². The smallest absolute Gasteiger partial charge is 0.324 e. The molecule has 2 aliphatic rings. The number of halogens is 1. The zero-order valence-corrected chi connectivity index (χ0v) is 10.6. The number of carbonyl (C=O) groups is 2. The van der Waals surface area contributed by atoms with Crippen molar-refractivity contribution in [3.05, 3.63) is 35.1 Å². The van der Waals surface area contributed by atoms with E-state index >= 15 is 0 Å². The summed E-state index contributed by atoms with van der Waals surface area (Å²) >= 11 is 0. The Balaban J connectivity index is 2.04. The summed E-state index contributed by atoms with van der Waals surface area (Å²) in [5.74, 6) is -1.86. The van der Waals surface area contributed by atoms with Gasteiger partial charge in [0.15, 0.2) is 5.41 Å². The number of ether oxygens (including phenoxy) is 2. The van der Waals surface area contributed by atoms with Crippen LogP contribution in [0.25, 0.3) is 0 Å². The molecule has 0 N–H and O–H groups in total. The van der Waals surface area contributed by atoms with Gasteiger partial charge in [-0.2, -0.15) is 0 Å². The van der Waals surface area contributed by atoms with Crippen LogP contribution in [-0.2, 0) is 25.5 Å². The van der Waals surface area contributed by atoms with Gasteiger partial charge in [0.05, 0.1) is 14.2 Å². The van der Waals surface area contributed by atoms with Gasteiger partial charge in [0.1, 0.15) is 5.82 Å². The highest BCUT2D eigenvalue weighted by Crippen LogP contribution is 2.71. The maximum Gasteiger partial charge on any atom is 0.324 e. The molecule has 0 unspecified atom stereocenters. The molecule has 100 valence electrons. The van der Waals surface area contributed by atoms with Crippen LogP contribution in [0.5, 0.6) is 0 Å². The van der Waals surface area contributed by atoms with E-state index in [1.54, 1.807) is 6.07 Å². The SMILES string of the molecule is COC(=O)C1(C(=O)OC)[C@@H]2c3ccc(F)cc3C[C@@H]21. The van der Waals surface area contributed by atoms with Crippen molar-refractivity contribution in [2.45, 2.75) is 12.3 Å². The number of benzene rings is 1. The Morgan fingerprint density at radius 2 is 1.89 bits per heavy atom. The van der Waals surface area contributed by atoms with Gasteiger partial charge >= 0.3 is 11.9 Å². The van der Waals surface area contributed by atoms with Gasteiger partial charge in [0, 0.05) is 5.92 Å². The van der Waals surface area contributed by atoms with Gasteiger partial charge in [-0.1, -0.05) is 6.07 Å². The lowest BCUT2D eigenvalue weighted by molar-refractivity contribution is -0.162. The fourth-order valence-corrected chi connectivity index (χ4v) is 3.47. The van der Waals surface area contributed by atoms with E-state index < -0.39 is 17.4 Å². The van der Waals surface area contributed by atoms with Gasteiger partial charge in [-0.15, -0.1) is 0 Å². The molecule has 0 spiro atoms. The normalized spacial score (nSPS) is 25.2. The summed E-state index contributed by atoms with van der Waals surface area (Å²) in [5, 5.41) is 0. The largest absolute Gasteiger partial charge is 0.468 e. The van der Waals surface area contributed by atoms with Crippen molar-refractivity contribution in [3.63, 3.8) is 0 Å². The van der Waals surface area contributed by atoms with Crippen LogP contribution in [-0.4, -0.2) is 26.2 Å². The monoisotopic (exact) mass is 264 g/mol. The topological polar surface area (TPSA) is 52.6 Å². The quantitative estimate of drug-likeness (QED) is 0.599. The predicted octanol–water partition coefficient (Wildman–Crippen LogP) is 1.43. The van der Waals surface area contributed by atoms with E-state index in [0.717, 1.165) is 11.1 Å². The Morgan fingerprint density at radius 1 is 1.26 bits per heavy atom. The molecule has 0 aromatic heterocycles. The van der Waals surface area contributed by atoms with E-state index in [1.165, 1.54) is 26.4 Å². The number of hydrogen-bond acceptors (Lipinski definition) is 4. The van der Waals surface area contributed by atoms with E-state index in [9.17, 15) is 14.0 Å². The van der Waals surface area contributed by atoms with E-state index in [4.69, 9.17) is 9.47 Å². The van der Waals surface area contributed by atoms with Crippen LogP contribution >= 0.6 is 0 Å². The zero-order chi connectivity index (χ0) is 13.8. The molecular weight excluding hydrogens is 251 g/mol. The summed E-state index contributed by atoms with van der Waals surface area (Å²) in [4.78, 5) is 24.0. The van der Waals surface area contributed by atoms with E-state index in [0.29, 0.717) is 6.42 Å². The summed E-state index contributed by atoms with van der Waals surface area (Å²) in [6, 6.07) is 4.45. The van der Waals surface area contributed by atoms with Crippen molar-refractivity contribution < 1.29 is 23.5 Å². The summed E-state index contributed by atoms with van der Waals surface area (Å²) in [5.41, 5.74) is 0.481. The van der Waals surface area contributed by atoms with Gasteiger partial charge in [-0.25, -0.2) is 4.39 Å². The standard InChI is InChI=1S/C14H13FO4/c1-18-12(16)14(13(17)19-2)10-6-7-5-8(15)3-4-9(7)11(10)14/h3-5,10-11H,6H2,1-2H3/t10-,11+/m0/s1. The minimum atomic E-state index is -1.23. The predicted molar refractivity (Wildman–Crippen MR) is 62.8 cm³/mol. The van der Waals surface area contributed by atoms with Crippen LogP contribution in [0.3, 0.4) is 0 Å². The average Bonchev–Trinajstić information content (AvgIpc) is 2.91. The third kappa shape index (κ3) is 1.33. The first kappa shape index (κ1) is 12.1. The van der Waals surface area contributed by atoms with Crippen LogP contribution in [0.4, 0.5) is 4.39 Å². The Morgan fingerprint density at radius 3 is 2.47 bits per heavy atom. The molecule has 0 heterocycles. The number of methoxy groups -OCH3 is 2. The molecule has 3 rings (SSSR count). The molecule has 1 aromatic carbocycles. The van der Waals surface area contributed by atoms with Crippen molar-refractivity contribution >= 4 is 11.9 Å². The minimum Gasteiger partial charge on any atom is -0.468 e. The molecule has 0 aliphatic heterocycles. The number of carbonyl (C=O) groups excluding carboxylic acids is 2. The lowest BCUT2D eigenvalue weighted by Gasteiger charge is -2.17. The number of rotatable bonds is 2. The number of fused-ring (bicyclic) bond motifs is 3. The molecule has 1 aromatic rings. The molecule has 5 heteroatoms. The summed E-state index contributed by atoms with van der Waals surface area (Å²) in [7, 11) is 2.51. The molecule has 1 saturated carbocycles. The first-order valence-electron chi connectivity index (χ1n) is 6.02. The summed E-state index contributed by atoms with van der Waals surface area (Å²) in [6.45, 7) is 0. The third-order valence-electron chi connectivity index (χ3n) is 4.29. The maximum atomic E-state index is 13.2. The molecule has 19 heavy (non-hydrogen) atoms. The molecule has 4 nitrogen and oxygen atoms in total. The molecule has 2 aliphatic carbocycles. The van der Waals surface area contributed by atoms with Crippen LogP contribution in [0.1, 0.15) is 17.0 Å². The zero-order valence-electron chi connectivity index (χ0n) is 10.6. The van der Waals surface area contributed by atoms with Crippen molar-refractivity contribution in [3.8, 4) is 0 Å². The Labute approximate surface area is 109 Å². The second-order valence-electron chi connectivity index (χ2n) is 4.98. The molecule has 0 bridgehead atoms. The number of hydrogen-bond donors (Lipinski definition) is 0. The molecular formula is C14H13FO4. The first-order valence-corrected chi connectivity index (χ1v) is 6.02. The highest BCUT2D eigenvalue weighted by atomic mass is 19.1. The summed E-state index contributed by atoms with van der Waals surface area (Å²) < 4.78 is 22.7. The minimum absolute atomic E-state index is 0.177. The lowest BCUT2D eigenvalue weighted by atomic mass is 9.91. The molecule has 2 atom stereocenters. The first-order chi connectivity index (χ1) is 9.07. The van der Waals surface area contributed by atoms with E-state index in [2.05, 4.69) is 0 Å². The Bertz CT molecular complexity index is 565. The van der Waals surface area contributed by atoms with Gasteiger partial charge in [-0.3, -0.25) is 9.59 Å². The lowest BCUT2D eigenvalue weighted by Crippen LogP contribution is -2.33. The van der Waals surface area contributed by atoms with Crippen molar-refractivity contribution in [1.82, 2.24) is 0 Å². The molecule has 0 radical (unpaired) electrons. The van der Waals surface area contributed by atoms with Gasteiger partial charge < -0.3 is 9.47 Å². The highest BCUT2D eigenvalue weighted by Gasteiger charge is 2.78. The number of esters is 2. The summed E-state index contributed by atoms with van der Waals surface area (Å²) in [6.07, 6.45) is 0.502. The van der Waals surface area contributed by atoms with Crippen molar-refractivity contribution in [2.75, 3.05) is 14.2 Å². The van der Waals surface area contributed by atoms with Gasteiger partial charge in [-0.05, 0) is 35.6 Å². The van der Waals surface area contributed by atoms with Crippen LogP contribution in [0.15, 0.2) is 18.2 Å². The third-order valence-corrected chi connectivity index (χ3v) is 4.29. The highest BCUT2D eigenvalue weighted by molar-refractivity contribution is 6.06. The fraction of sp³-hybridized carbons (Fsp3) is 0.429. The van der Waals surface area contributed by atoms with Gasteiger partial charge in [0.2, 0.25) is 0 Å². The molecule has 0 amide bonds. The van der Waals surface area contributed by atoms with Gasteiger partial charge in [0.25, 0.3) is 0 Å². The van der Waals surface area contributed by atoms with Crippen molar-refractivity contribution in [1.29, 1.82) is 0 Å². The maximum absolute atomic E-state index is 13.2.